The molecule has 14 heteroatoms. The lowest BCUT2D eigenvalue weighted by Gasteiger charge is -2.25. The zero-order valence-corrected chi connectivity index (χ0v) is 23.5. The van der Waals surface area contributed by atoms with Crippen molar-refractivity contribution in [2.24, 2.45) is 0 Å². The minimum Gasteiger partial charge on any atom is -0.507 e. The molecular weight excluding hydrogens is 578 g/mol. The van der Waals surface area contributed by atoms with Crippen LogP contribution in [0, 0.1) is 0 Å². The number of aliphatic hydroxyl groups excluding tert-OH is 6. The van der Waals surface area contributed by atoms with Crippen LogP contribution < -0.4 is 10.2 Å². The van der Waals surface area contributed by atoms with E-state index in [-0.39, 0.29) is 40.7 Å². The van der Waals surface area contributed by atoms with Crippen LogP contribution >= 0.6 is 11.6 Å². The number of hydrogen-bond acceptors (Lipinski definition) is 12. The van der Waals surface area contributed by atoms with Gasteiger partial charge in [-0.3, -0.25) is 4.79 Å². The molecule has 0 saturated carbocycles. The molecule has 13 nitrogen and oxygen atoms in total. The highest BCUT2D eigenvalue weighted by Crippen LogP contribution is 2.45. The third-order valence-electron chi connectivity index (χ3n) is 7.23. The Morgan fingerprint density at radius 2 is 1.81 bits per heavy atom. The van der Waals surface area contributed by atoms with Crippen LogP contribution in [0.25, 0.3) is 22.3 Å². The van der Waals surface area contributed by atoms with Crippen molar-refractivity contribution >= 4 is 28.5 Å². The number of rotatable bonds is 9. The minimum atomic E-state index is -2.20. The monoisotopic (exact) mass is 611 g/mol. The molecule has 1 aliphatic heterocycles. The van der Waals surface area contributed by atoms with E-state index in [1.807, 2.05) is 13.1 Å². The predicted octanol–water partition coefficient (Wildman–Crippen LogP) is 0.114. The molecule has 1 aromatic heterocycles. The SMILES string of the molecule is COc1cc(O)c2c(=O)cc(-c3ccccc3Cl)oc2c1[C@H]1CCN(C)[C@@H]1CO.O=C(O)[C@H](O)[C@@H](O)[C@H](O)[C@H](O)CO. The molecule has 8 N–H and O–H groups in total. The summed E-state index contributed by atoms with van der Waals surface area (Å²) in [5, 5.41) is 72.8. The molecular formula is C28H34ClNO12. The number of nitrogens with zero attached hydrogens (tertiary/aromatic N) is 1. The first-order chi connectivity index (χ1) is 19.9. The molecule has 0 radical (unpaired) electrons. The Labute approximate surface area is 245 Å². The van der Waals surface area contributed by atoms with Gasteiger partial charge in [0.05, 0.1) is 25.3 Å². The van der Waals surface area contributed by atoms with Gasteiger partial charge in [-0.05, 0) is 32.1 Å². The van der Waals surface area contributed by atoms with Crippen molar-refractivity contribution in [2.45, 2.75) is 42.8 Å². The molecule has 0 bridgehead atoms. The third kappa shape index (κ3) is 6.85. The normalized spacial score (nSPS) is 19.9. The smallest absolute Gasteiger partial charge is 0.335 e. The minimum absolute atomic E-state index is 0.0405. The summed E-state index contributed by atoms with van der Waals surface area (Å²) in [6, 6.07) is 9.73. The molecule has 230 valence electrons. The summed E-state index contributed by atoms with van der Waals surface area (Å²) in [6.07, 6.45) is -7.08. The summed E-state index contributed by atoms with van der Waals surface area (Å²) in [5.74, 6) is -1.31. The average molecular weight is 612 g/mol. The van der Waals surface area contributed by atoms with E-state index < -0.39 is 37.0 Å². The van der Waals surface area contributed by atoms with Gasteiger partial charge in [-0.25, -0.2) is 4.79 Å². The van der Waals surface area contributed by atoms with Gasteiger partial charge in [0.2, 0.25) is 0 Å². The predicted molar refractivity (Wildman–Crippen MR) is 151 cm³/mol. The van der Waals surface area contributed by atoms with E-state index in [9.17, 15) is 19.8 Å². The molecule has 1 fully saturated rings. The van der Waals surface area contributed by atoms with E-state index in [1.54, 1.807) is 18.2 Å². The van der Waals surface area contributed by atoms with Crippen LogP contribution in [0.3, 0.4) is 0 Å². The Bertz CT molecular complexity index is 1450. The second-order valence-electron chi connectivity index (χ2n) is 9.81. The Morgan fingerprint density at radius 1 is 1.14 bits per heavy atom. The lowest BCUT2D eigenvalue weighted by molar-refractivity contribution is -0.164. The molecule has 42 heavy (non-hydrogen) atoms. The van der Waals surface area contributed by atoms with Gasteiger partial charge < -0.3 is 54.9 Å². The maximum absolute atomic E-state index is 12.9. The van der Waals surface area contributed by atoms with Crippen molar-refractivity contribution in [3.63, 3.8) is 0 Å². The number of methoxy groups -OCH3 is 1. The molecule has 1 aliphatic rings. The van der Waals surface area contributed by atoms with Gasteiger partial charge in [-0.1, -0.05) is 23.7 Å². The van der Waals surface area contributed by atoms with Gasteiger partial charge in [-0.15, -0.1) is 0 Å². The van der Waals surface area contributed by atoms with Crippen molar-refractivity contribution < 1.29 is 54.8 Å². The molecule has 6 atom stereocenters. The van der Waals surface area contributed by atoms with Gasteiger partial charge in [-0.2, -0.15) is 0 Å². The summed E-state index contributed by atoms with van der Waals surface area (Å²) in [7, 11) is 3.45. The second-order valence-corrected chi connectivity index (χ2v) is 10.2. The maximum atomic E-state index is 12.9. The van der Waals surface area contributed by atoms with E-state index in [0.29, 0.717) is 27.7 Å². The zero-order chi connectivity index (χ0) is 31.3. The number of aromatic hydroxyl groups is 1. The highest BCUT2D eigenvalue weighted by molar-refractivity contribution is 6.33. The Kier molecular flexibility index (Phi) is 11.3. The van der Waals surface area contributed by atoms with Crippen LogP contribution in [-0.2, 0) is 4.79 Å². The highest BCUT2D eigenvalue weighted by atomic mass is 35.5. The highest BCUT2D eigenvalue weighted by Gasteiger charge is 2.37. The molecule has 4 rings (SSSR count). The molecule has 0 unspecified atom stereocenters. The number of aliphatic hydroxyl groups is 6. The van der Waals surface area contributed by atoms with Crippen molar-refractivity contribution in [1.29, 1.82) is 0 Å². The molecule has 0 spiro atoms. The number of carboxylic acid groups (broad SMARTS) is 1. The third-order valence-corrected chi connectivity index (χ3v) is 7.56. The van der Waals surface area contributed by atoms with Crippen LogP contribution in [0.5, 0.6) is 11.5 Å². The largest absolute Gasteiger partial charge is 0.507 e. The van der Waals surface area contributed by atoms with Gasteiger partial charge in [0.15, 0.2) is 11.5 Å². The van der Waals surface area contributed by atoms with Gasteiger partial charge in [0.1, 0.15) is 46.5 Å². The van der Waals surface area contributed by atoms with Crippen LogP contribution in [0.15, 0.2) is 45.6 Å². The quantitative estimate of drug-likeness (QED) is 0.161. The number of likely N-dealkylation sites (tertiary alicyclic amines) is 1. The van der Waals surface area contributed by atoms with Crippen molar-refractivity contribution in [1.82, 2.24) is 4.90 Å². The first-order valence-electron chi connectivity index (χ1n) is 12.9. The Morgan fingerprint density at radius 3 is 2.38 bits per heavy atom. The number of aliphatic carboxylic acids is 1. The summed E-state index contributed by atoms with van der Waals surface area (Å²) in [6.45, 7) is -0.0957. The number of hydrogen-bond donors (Lipinski definition) is 8. The number of fused-ring (bicyclic) bond motifs is 1. The fourth-order valence-electron chi connectivity index (χ4n) is 4.91. The number of benzene rings is 2. The maximum Gasteiger partial charge on any atom is 0.335 e. The number of carbonyl (C=O) groups is 1. The van der Waals surface area contributed by atoms with Crippen LogP contribution in [0.2, 0.25) is 5.02 Å². The van der Waals surface area contributed by atoms with Crippen LogP contribution in [0.4, 0.5) is 0 Å². The summed E-state index contributed by atoms with van der Waals surface area (Å²) in [4.78, 5) is 25.1. The fourth-order valence-corrected chi connectivity index (χ4v) is 5.13. The number of ether oxygens (including phenoxy) is 1. The summed E-state index contributed by atoms with van der Waals surface area (Å²) in [5.41, 5.74) is 1.16. The number of carboxylic acids is 1. The molecule has 2 heterocycles. The van der Waals surface area contributed by atoms with Gasteiger partial charge >= 0.3 is 5.97 Å². The standard InChI is InChI=1S/C22H22ClNO5.C6H12O7/c1-24-8-7-13(15(24)11-25)20-19(28-2)10-17(27)21-16(26)9-18(29-22(20)21)12-5-3-4-6-14(12)23;7-1-2(8)3(9)4(10)5(11)6(12)13/h3-6,9-10,13,15,25,27H,7-8,11H2,1-2H3;2-5,7-11H,1H2,(H,12,13)/t13-,15+;2-,3-,4+,5-/m01/s1. The van der Waals surface area contributed by atoms with Crippen molar-refractivity contribution in [3.05, 3.63) is 57.2 Å². The van der Waals surface area contributed by atoms with Gasteiger partial charge in [0.25, 0.3) is 0 Å². The zero-order valence-electron chi connectivity index (χ0n) is 22.8. The number of phenolic OH excluding ortho intramolecular Hbond substituents is 1. The van der Waals surface area contributed by atoms with E-state index in [4.69, 9.17) is 51.4 Å². The molecule has 1 saturated heterocycles. The number of likely N-dealkylation sites (N-methyl/N-ethyl adjacent to an activating group) is 1. The van der Waals surface area contributed by atoms with Gasteiger partial charge in [0, 0.05) is 35.2 Å². The number of phenols is 1. The number of halogens is 1. The van der Waals surface area contributed by atoms with E-state index in [1.165, 1.54) is 19.2 Å². The topological polar surface area (TPSA) is 222 Å². The lowest BCUT2D eigenvalue weighted by atomic mass is 9.89. The van der Waals surface area contributed by atoms with E-state index >= 15 is 0 Å². The summed E-state index contributed by atoms with van der Waals surface area (Å²) >= 11 is 6.31. The van der Waals surface area contributed by atoms with E-state index in [0.717, 1.165) is 13.0 Å². The average Bonchev–Trinajstić information content (AvgIpc) is 3.34. The van der Waals surface area contributed by atoms with Crippen molar-refractivity contribution in [2.75, 3.05) is 33.9 Å². The molecule has 0 aliphatic carbocycles. The van der Waals surface area contributed by atoms with Crippen LogP contribution in [0.1, 0.15) is 17.9 Å². The van der Waals surface area contributed by atoms with Crippen LogP contribution in [-0.4, -0.2) is 116 Å². The Hall–Kier alpha value is -3.27. The molecule has 0 amide bonds. The lowest BCUT2D eigenvalue weighted by Crippen LogP contribution is -2.48. The van der Waals surface area contributed by atoms with Crippen molar-refractivity contribution in [3.8, 4) is 22.8 Å². The van der Waals surface area contributed by atoms with E-state index in [2.05, 4.69) is 4.90 Å². The fraction of sp³-hybridized carbons (Fsp3) is 0.429. The summed E-state index contributed by atoms with van der Waals surface area (Å²) < 4.78 is 11.7. The second kappa shape index (κ2) is 14.3. The molecule has 3 aromatic rings. The molecule has 2 aromatic carbocycles. The Balaban J connectivity index is 0.000000316. The first-order valence-corrected chi connectivity index (χ1v) is 13.2. The first kappa shape index (κ1) is 33.2.